The van der Waals surface area contributed by atoms with E-state index in [1.54, 1.807) is 18.3 Å². The van der Waals surface area contributed by atoms with Crippen molar-refractivity contribution in [1.82, 2.24) is 35.3 Å². The van der Waals surface area contributed by atoms with Crippen LogP contribution in [0.25, 0.3) is 22.5 Å². The summed E-state index contributed by atoms with van der Waals surface area (Å²) >= 11 is 0. The fourth-order valence-electron chi connectivity index (χ4n) is 11.7. The van der Waals surface area contributed by atoms with Gasteiger partial charge in [0.05, 0.1) is 50.5 Å². The quantitative estimate of drug-likeness (QED) is 0.0608. The molecule has 20 atom stereocenters. The molecule has 5 heterocycles. The average Bonchev–Trinajstić information content (AvgIpc) is 4.18. The van der Waals surface area contributed by atoms with E-state index in [0.29, 0.717) is 11.3 Å². The number of carbonyl (C=O) groups excluding carboxylic acids is 1. The lowest BCUT2D eigenvalue weighted by molar-refractivity contribution is -0.339. The number of nitrogens with one attached hydrogen (secondary N) is 1. The zero-order valence-electron chi connectivity index (χ0n) is 44.2. The van der Waals surface area contributed by atoms with Crippen LogP contribution in [0.2, 0.25) is 0 Å². The smallest absolute Gasteiger partial charge is 0.332 e. The van der Waals surface area contributed by atoms with Crippen molar-refractivity contribution in [3.8, 4) is 22.5 Å². The number of carboxylic acids is 1. The third kappa shape index (κ3) is 13.1. The monoisotopic (exact) mass is 1130 g/mol. The molecule has 2 aromatic carbocycles. The summed E-state index contributed by atoms with van der Waals surface area (Å²) in [5.41, 5.74) is 1.34. The van der Waals surface area contributed by atoms with E-state index in [2.05, 4.69) is 25.9 Å². The van der Waals surface area contributed by atoms with Gasteiger partial charge in [0.2, 0.25) is 5.91 Å². The molecule has 27 heteroatoms. The Balaban J connectivity index is 1.06. The Morgan fingerprint density at radius 2 is 1.41 bits per heavy atom. The fraction of sp³-hybridized carbons (Fsp3) is 0.660. The molecular weight excluding hydrogens is 1060 g/mol. The zero-order valence-corrected chi connectivity index (χ0v) is 44.2. The van der Waals surface area contributed by atoms with E-state index in [1.165, 1.54) is 37.7 Å². The number of aliphatic carboxylic acids is 1. The number of rotatable bonds is 19. The standard InChI is InChI=1S/C53H71F2N7O18/c1-24-14-30(18-31(54)39(24)55)33-20-62(60-58-33)41-43(67)37(21-63)79-52(45(41)69)74-23-28-15-34(61-19-32(57-59-61)29-12-8-5-9-13-29)48(80-53-47(71)46(70)42(66)25(2)75-53)35(17-28)77-51-40(56-26(3)65)49(44(68)38(22-64)78-51)76-36(50(72)73)16-27-10-6-4-7-11-27/h5,8-9,12-14,18-20,25,27-28,34-38,40-49,51-53,63-64,66-71H,4,6-7,10-11,15-17,21-23H2,1-3H3,(H,56,65)(H,72,73)/t25?,28?,34-,35-,36+,37-,38?,40?,41?,42-,43-,44+,45?,46+,47?,48?,49?,51-,52+,53+/m1/s1. The lowest BCUT2D eigenvalue weighted by atomic mass is 9.81. The van der Waals surface area contributed by atoms with Crippen LogP contribution < -0.4 is 5.32 Å². The molecule has 2 aliphatic carbocycles. The number of hydrogen-bond acceptors (Lipinski definition) is 21. The van der Waals surface area contributed by atoms with E-state index < -0.39 is 159 Å². The van der Waals surface area contributed by atoms with Gasteiger partial charge in [0.25, 0.3) is 0 Å². The van der Waals surface area contributed by atoms with Crippen LogP contribution in [-0.2, 0) is 42.7 Å². The molecule has 4 aromatic rings. The van der Waals surface area contributed by atoms with Crippen LogP contribution in [0.3, 0.4) is 0 Å². The van der Waals surface area contributed by atoms with Gasteiger partial charge in [-0.15, -0.1) is 10.2 Å². The van der Waals surface area contributed by atoms with E-state index in [1.807, 2.05) is 18.2 Å². The normalized spacial score (nSPS) is 35.6. The lowest BCUT2D eigenvalue weighted by Gasteiger charge is -2.49. The second-order valence-electron chi connectivity index (χ2n) is 21.6. The fourth-order valence-corrected chi connectivity index (χ4v) is 11.7. The van der Waals surface area contributed by atoms with Crippen LogP contribution in [0.4, 0.5) is 8.78 Å². The summed E-state index contributed by atoms with van der Waals surface area (Å²) in [6.07, 6.45) is -17.0. The van der Waals surface area contributed by atoms with E-state index in [9.17, 15) is 64.3 Å². The minimum atomic E-state index is -1.82. The number of benzene rings is 2. The minimum absolute atomic E-state index is 0.00206. The Morgan fingerprint density at radius 3 is 2.09 bits per heavy atom. The van der Waals surface area contributed by atoms with E-state index in [4.69, 9.17) is 33.2 Å². The van der Waals surface area contributed by atoms with Gasteiger partial charge in [-0.3, -0.25) is 4.79 Å². The SMILES string of the molecule is CC(=O)NC1C(O[C@@H](CC2CCCCC2)C(=O)O)[C@@H](O)C(CO)O[C@H]1O[C@@H]1CC(CO[C@H]2O[C@H](CO)[C@@H](O)C(n3cc(-c4cc(C)c(F)c(F)c4)nn3)C2O)C[C@@H](n2cc(-c3ccccc3)nn2)C1O[C@@H]1OC(C)[C@@H](O)[C@H](O)C1O. The van der Waals surface area contributed by atoms with E-state index >= 15 is 0 Å². The van der Waals surface area contributed by atoms with E-state index in [0.717, 1.165) is 42.9 Å². The van der Waals surface area contributed by atoms with Crippen LogP contribution in [0, 0.1) is 30.4 Å². The van der Waals surface area contributed by atoms with Crippen molar-refractivity contribution in [2.24, 2.45) is 11.8 Å². The second-order valence-corrected chi connectivity index (χ2v) is 21.6. The lowest BCUT2D eigenvalue weighted by Crippen LogP contribution is -2.67. The zero-order chi connectivity index (χ0) is 57.1. The number of carbonyl (C=O) groups is 2. The molecule has 3 saturated heterocycles. The number of aliphatic hydroxyl groups is 8. The molecule has 5 aliphatic rings. The molecular formula is C53H71F2N7O18. The van der Waals surface area contributed by atoms with Crippen molar-refractivity contribution in [3.05, 3.63) is 72.1 Å². The van der Waals surface area contributed by atoms with Crippen LogP contribution in [-0.4, -0.2) is 212 Å². The minimum Gasteiger partial charge on any atom is -0.479 e. The molecule has 440 valence electrons. The number of aryl methyl sites for hydroxylation is 1. The molecule has 3 aliphatic heterocycles. The molecule has 80 heavy (non-hydrogen) atoms. The molecule has 10 N–H and O–H groups in total. The third-order valence-corrected chi connectivity index (χ3v) is 16.0. The van der Waals surface area contributed by atoms with Gasteiger partial charge in [-0.1, -0.05) is 72.9 Å². The number of ether oxygens (including phenoxy) is 7. The molecule has 0 radical (unpaired) electrons. The number of aromatic nitrogens is 6. The van der Waals surface area contributed by atoms with Crippen LogP contribution >= 0.6 is 0 Å². The Bertz CT molecular complexity index is 2670. The third-order valence-electron chi connectivity index (χ3n) is 16.0. The first-order chi connectivity index (χ1) is 38.3. The second kappa shape index (κ2) is 26.0. The van der Waals surface area contributed by atoms with Crippen molar-refractivity contribution in [2.45, 2.75) is 188 Å². The summed E-state index contributed by atoms with van der Waals surface area (Å²) in [4.78, 5) is 26.0. The summed E-state index contributed by atoms with van der Waals surface area (Å²) < 4.78 is 75.6. The number of aliphatic hydroxyl groups excluding tert-OH is 8. The number of amides is 1. The summed E-state index contributed by atoms with van der Waals surface area (Å²) in [6, 6.07) is 7.53. The molecule has 2 aromatic heterocycles. The Labute approximate surface area is 458 Å². The van der Waals surface area contributed by atoms with Gasteiger partial charge in [-0.05, 0) is 62.6 Å². The topological polar surface area (TPSA) is 354 Å². The Morgan fingerprint density at radius 1 is 0.750 bits per heavy atom. The highest BCUT2D eigenvalue weighted by molar-refractivity contribution is 5.74. The Kier molecular flexibility index (Phi) is 19.4. The summed E-state index contributed by atoms with van der Waals surface area (Å²) in [5, 5.41) is 120. The number of carboxylic acid groups (broad SMARTS) is 1. The summed E-state index contributed by atoms with van der Waals surface area (Å²) in [7, 11) is 0. The number of halogens is 2. The number of nitrogens with zero attached hydrogens (tertiary/aromatic N) is 6. The molecule has 5 fully saturated rings. The summed E-state index contributed by atoms with van der Waals surface area (Å²) in [5.74, 6) is -4.80. The maximum absolute atomic E-state index is 14.5. The molecule has 2 saturated carbocycles. The largest absolute Gasteiger partial charge is 0.479 e. The van der Waals surface area contributed by atoms with Gasteiger partial charge in [0.1, 0.15) is 84.5 Å². The first-order valence-electron chi connectivity index (χ1n) is 27.0. The highest BCUT2D eigenvalue weighted by atomic mass is 19.2. The predicted molar refractivity (Wildman–Crippen MR) is 269 cm³/mol. The van der Waals surface area contributed by atoms with Gasteiger partial charge >= 0.3 is 5.97 Å². The van der Waals surface area contributed by atoms with Crippen molar-refractivity contribution in [2.75, 3.05) is 19.8 Å². The molecule has 1 amide bonds. The van der Waals surface area contributed by atoms with Crippen LogP contribution in [0.5, 0.6) is 0 Å². The molecule has 0 spiro atoms. The van der Waals surface area contributed by atoms with Crippen molar-refractivity contribution < 1.29 is 97.5 Å². The van der Waals surface area contributed by atoms with Gasteiger partial charge in [0, 0.05) is 18.1 Å². The highest BCUT2D eigenvalue weighted by Gasteiger charge is 2.54. The first-order valence-corrected chi connectivity index (χ1v) is 27.0. The molecule has 25 nitrogen and oxygen atoms in total. The molecule has 9 unspecified atom stereocenters. The van der Waals surface area contributed by atoms with Gasteiger partial charge in [-0.2, -0.15) is 0 Å². The summed E-state index contributed by atoms with van der Waals surface area (Å²) in [6.45, 7) is 2.19. The first kappa shape index (κ1) is 59.5. The number of hydrogen-bond donors (Lipinski definition) is 10. The van der Waals surface area contributed by atoms with Gasteiger partial charge < -0.3 is 84.4 Å². The highest BCUT2D eigenvalue weighted by Crippen LogP contribution is 2.42. The van der Waals surface area contributed by atoms with Gasteiger partial charge in [-0.25, -0.2) is 22.9 Å². The maximum atomic E-state index is 14.5. The Hall–Kier alpha value is -5.08. The maximum Gasteiger partial charge on any atom is 0.332 e. The molecule has 0 bridgehead atoms. The van der Waals surface area contributed by atoms with E-state index in [-0.39, 0.29) is 48.6 Å². The average molecular weight is 1130 g/mol. The predicted octanol–water partition coefficient (Wildman–Crippen LogP) is 0.428. The molecule has 9 rings (SSSR count). The van der Waals surface area contributed by atoms with Crippen LogP contribution in [0.15, 0.2) is 54.9 Å². The van der Waals surface area contributed by atoms with Crippen molar-refractivity contribution >= 4 is 11.9 Å². The van der Waals surface area contributed by atoms with Gasteiger partial charge in [0.15, 0.2) is 36.6 Å². The van der Waals surface area contributed by atoms with Crippen molar-refractivity contribution in [3.63, 3.8) is 0 Å². The van der Waals surface area contributed by atoms with Crippen LogP contribution in [0.1, 0.15) is 82.9 Å². The van der Waals surface area contributed by atoms with Crippen molar-refractivity contribution in [1.29, 1.82) is 0 Å².